The lowest BCUT2D eigenvalue weighted by Crippen LogP contribution is -2.24. The number of fused-ring (bicyclic) bond motifs is 6. The van der Waals surface area contributed by atoms with Gasteiger partial charge in [0.2, 0.25) is 6.79 Å². The van der Waals surface area contributed by atoms with Gasteiger partial charge in [-0.15, -0.1) is 0 Å². The van der Waals surface area contributed by atoms with Crippen molar-refractivity contribution in [3.63, 3.8) is 0 Å². The molecule has 4 aromatic rings. The number of benzene rings is 1. The van der Waals surface area contributed by atoms with Gasteiger partial charge < -0.3 is 28.8 Å². The minimum absolute atomic E-state index is 0.0193. The van der Waals surface area contributed by atoms with Gasteiger partial charge in [-0.25, -0.2) is 9.97 Å². The molecule has 0 bridgehead atoms. The molecule has 4 heterocycles. The van der Waals surface area contributed by atoms with Crippen LogP contribution in [0.4, 0.5) is 0 Å². The lowest BCUT2D eigenvalue weighted by Gasteiger charge is -2.16. The first-order chi connectivity index (χ1) is 16.6. The van der Waals surface area contributed by atoms with Gasteiger partial charge in [0.05, 0.1) is 36.4 Å². The summed E-state index contributed by atoms with van der Waals surface area (Å²) in [5.41, 5.74) is 2.11. The van der Waals surface area contributed by atoms with Gasteiger partial charge in [0.15, 0.2) is 11.5 Å². The summed E-state index contributed by atoms with van der Waals surface area (Å²) in [7, 11) is 0. The van der Waals surface area contributed by atoms with Crippen molar-refractivity contribution in [1.29, 1.82) is 0 Å². The number of hydrogen-bond acceptors (Lipinski definition) is 8. The second-order valence-corrected chi connectivity index (χ2v) is 8.24. The number of aliphatic hydroxyl groups is 2. The van der Waals surface area contributed by atoms with E-state index in [0.717, 1.165) is 0 Å². The summed E-state index contributed by atoms with van der Waals surface area (Å²) < 4.78 is 14.3. The molecule has 34 heavy (non-hydrogen) atoms. The Morgan fingerprint density at radius 1 is 1.00 bits per heavy atom. The van der Waals surface area contributed by atoms with Crippen LogP contribution in [-0.2, 0) is 26.3 Å². The number of ether oxygens (including phenoxy) is 2. The topological polar surface area (TPSA) is 129 Å². The maximum Gasteiger partial charge on any atom is 0.260 e. The molecule has 1 aromatic carbocycles. The van der Waals surface area contributed by atoms with Gasteiger partial charge in [0.1, 0.15) is 5.69 Å². The molecule has 3 aromatic heterocycles. The Kier molecular flexibility index (Phi) is 4.71. The second kappa shape index (κ2) is 7.79. The lowest BCUT2D eigenvalue weighted by atomic mass is 9.97. The molecular formula is C24H20N4O6. The van der Waals surface area contributed by atoms with Crippen molar-refractivity contribution in [2.24, 2.45) is 0 Å². The molecule has 10 nitrogen and oxygen atoms in total. The number of aromatic nitrogens is 4. The minimum Gasteiger partial charge on any atom is -0.452 e. The molecule has 0 saturated heterocycles. The van der Waals surface area contributed by atoms with E-state index >= 15 is 0 Å². The van der Waals surface area contributed by atoms with Crippen LogP contribution < -0.4 is 15.0 Å². The van der Waals surface area contributed by atoms with Crippen molar-refractivity contribution in [3.05, 3.63) is 69.5 Å². The van der Waals surface area contributed by atoms with Crippen LogP contribution >= 0.6 is 0 Å². The zero-order chi connectivity index (χ0) is 23.4. The Balaban J connectivity index is 1.59. The standard InChI is InChI=1S/C24H20N4O6/c29-9-13-6-15-16(7-14(13)10-30)24(32)28(4-1-3-27-5-2-25-11-27)21-19(15)22(31)17-8-18-23(26-20(17)21)34-12-33-18/h2,5-8,11,29-30H,1,3-4,9-10,12H2. The molecule has 0 unspecified atom stereocenters. The van der Waals surface area contributed by atoms with E-state index in [9.17, 15) is 19.8 Å². The Morgan fingerprint density at radius 3 is 2.53 bits per heavy atom. The summed E-state index contributed by atoms with van der Waals surface area (Å²) in [5, 5.41) is 20.3. The van der Waals surface area contributed by atoms with Gasteiger partial charge in [-0.3, -0.25) is 9.59 Å². The van der Waals surface area contributed by atoms with Crippen LogP contribution in [0.25, 0.3) is 22.2 Å². The summed E-state index contributed by atoms with van der Waals surface area (Å²) >= 11 is 0. The lowest BCUT2D eigenvalue weighted by molar-refractivity contribution is 0.104. The highest BCUT2D eigenvalue weighted by molar-refractivity contribution is 6.26. The average molecular weight is 460 g/mol. The maximum atomic E-state index is 13.7. The van der Waals surface area contributed by atoms with Crippen molar-refractivity contribution in [2.75, 3.05) is 6.79 Å². The number of aliphatic hydroxyl groups excluding tert-OH is 2. The zero-order valence-corrected chi connectivity index (χ0v) is 18.0. The van der Waals surface area contributed by atoms with Crippen molar-refractivity contribution in [2.45, 2.75) is 32.7 Å². The molecule has 10 heteroatoms. The summed E-state index contributed by atoms with van der Waals surface area (Å²) in [4.78, 5) is 35.9. The van der Waals surface area contributed by atoms with Crippen molar-refractivity contribution in [1.82, 2.24) is 19.1 Å². The largest absolute Gasteiger partial charge is 0.452 e. The highest BCUT2D eigenvalue weighted by atomic mass is 16.7. The predicted octanol–water partition coefficient (Wildman–Crippen LogP) is 1.61. The van der Waals surface area contributed by atoms with Gasteiger partial charge in [-0.2, -0.15) is 0 Å². The number of aryl methyl sites for hydroxylation is 1. The van der Waals surface area contributed by atoms with E-state index in [1.165, 1.54) is 0 Å². The molecule has 0 atom stereocenters. The number of nitrogens with zero attached hydrogens (tertiary/aromatic N) is 4. The molecule has 2 aliphatic rings. The molecule has 1 aliphatic carbocycles. The predicted molar refractivity (Wildman–Crippen MR) is 120 cm³/mol. The van der Waals surface area contributed by atoms with Crippen LogP contribution in [0.1, 0.15) is 33.5 Å². The van der Waals surface area contributed by atoms with Crippen LogP contribution in [0.3, 0.4) is 0 Å². The fraction of sp³-hybridized carbons (Fsp3) is 0.250. The van der Waals surface area contributed by atoms with Crippen LogP contribution in [0.15, 0.2) is 41.7 Å². The average Bonchev–Trinajstić information content (AvgIpc) is 3.59. The monoisotopic (exact) mass is 460 g/mol. The Hall–Kier alpha value is -4.02. The quantitative estimate of drug-likeness (QED) is 0.391. The number of hydrogen-bond donors (Lipinski definition) is 2. The third-order valence-electron chi connectivity index (χ3n) is 6.35. The van der Waals surface area contributed by atoms with Gasteiger partial charge in [-0.1, -0.05) is 0 Å². The smallest absolute Gasteiger partial charge is 0.260 e. The molecule has 0 amide bonds. The van der Waals surface area contributed by atoms with Gasteiger partial charge in [-0.05, 0) is 35.7 Å². The summed E-state index contributed by atoms with van der Waals surface area (Å²) in [5.74, 6) is 0.394. The Morgan fingerprint density at radius 2 is 1.79 bits per heavy atom. The second-order valence-electron chi connectivity index (χ2n) is 8.24. The number of pyridine rings is 2. The van der Waals surface area contributed by atoms with Crippen LogP contribution in [0.2, 0.25) is 0 Å². The Bertz CT molecular complexity index is 1520. The van der Waals surface area contributed by atoms with Crippen molar-refractivity contribution < 1.29 is 24.5 Å². The van der Waals surface area contributed by atoms with E-state index in [1.54, 1.807) is 35.3 Å². The first kappa shape index (κ1) is 20.6. The number of carbonyl (C=O) groups excluding carboxylic acids is 1. The number of rotatable bonds is 6. The molecule has 2 N–H and O–H groups in total. The minimum atomic E-state index is -0.333. The van der Waals surface area contributed by atoms with Crippen LogP contribution in [-0.4, -0.2) is 41.9 Å². The summed E-state index contributed by atoms with van der Waals surface area (Å²) in [6, 6.07) is 4.78. The normalized spacial score (nSPS) is 13.5. The molecule has 0 radical (unpaired) electrons. The first-order valence-corrected chi connectivity index (χ1v) is 10.9. The van der Waals surface area contributed by atoms with Gasteiger partial charge in [0.25, 0.3) is 11.4 Å². The summed E-state index contributed by atoms with van der Waals surface area (Å²) in [6.07, 6.45) is 5.86. The number of imidazole rings is 1. The number of carbonyl (C=O) groups is 1. The SMILES string of the molecule is O=C1c2cc3c(nc2-c2c1c1cc(CO)c(CO)cc1c(=O)n2CCCn1ccnc1)OCO3. The van der Waals surface area contributed by atoms with E-state index in [-0.39, 0.29) is 37.2 Å². The third kappa shape index (κ3) is 2.96. The van der Waals surface area contributed by atoms with E-state index in [4.69, 9.17) is 9.47 Å². The third-order valence-corrected chi connectivity index (χ3v) is 6.35. The fourth-order valence-electron chi connectivity index (χ4n) is 4.72. The zero-order valence-electron chi connectivity index (χ0n) is 18.0. The van der Waals surface area contributed by atoms with E-state index in [1.807, 2.05) is 10.8 Å². The van der Waals surface area contributed by atoms with E-state index in [0.29, 0.717) is 69.7 Å². The number of ketones is 1. The highest BCUT2D eigenvalue weighted by Crippen LogP contribution is 2.43. The van der Waals surface area contributed by atoms with E-state index < -0.39 is 0 Å². The Labute approximate surface area is 192 Å². The molecule has 6 rings (SSSR count). The fourth-order valence-corrected chi connectivity index (χ4v) is 4.72. The molecule has 1 aliphatic heterocycles. The van der Waals surface area contributed by atoms with Crippen LogP contribution in [0, 0.1) is 0 Å². The summed E-state index contributed by atoms with van der Waals surface area (Å²) in [6.45, 7) is 0.337. The van der Waals surface area contributed by atoms with Crippen molar-refractivity contribution >= 4 is 16.6 Å². The van der Waals surface area contributed by atoms with Gasteiger partial charge in [0, 0.05) is 36.3 Å². The van der Waals surface area contributed by atoms with E-state index in [2.05, 4.69) is 9.97 Å². The molecule has 0 fully saturated rings. The maximum absolute atomic E-state index is 13.7. The molecule has 172 valence electrons. The van der Waals surface area contributed by atoms with Crippen molar-refractivity contribution in [3.8, 4) is 23.0 Å². The van der Waals surface area contributed by atoms with Gasteiger partial charge >= 0.3 is 0 Å². The molecule has 0 saturated carbocycles. The van der Waals surface area contributed by atoms with Crippen LogP contribution in [0.5, 0.6) is 11.6 Å². The first-order valence-electron chi connectivity index (χ1n) is 10.9. The molecule has 0 spiro atoms. The highest BCUT2D eigenvalue weighted by Gasteiger charge is 2.36. The molecular weight excluding hydrogens is 440 g/mol.